The third kappa shape index (κ3) is 8.30. The van der Waals surface area contributed by atoms with Crippen molar-refractivity contribution in [2.24, 2.45) is 4.99 Å². The summed E-state index contributed by atoms with van der Waals surface area (Å²) in [6.07, 6.45) is 5.85. The van der Waals surface area contributed by atoms with Gasteiger partial charge < -0.3 is 20.9 Å². The average Bonchev–Trinajstić information content (AvgIpc) is 3.41. The highest BCUT2D eigenvalue weighted by Crippen LogP contribution is 2.25. The van der Waals surface area contributed by atoms with Crippen LogP contribution in [0.3, 0.4) is 0 Å². The lowest BCUT2D eigenvalue weighted by atomic mass is 10.1. The van der Waals surface area contributed by atoms with Gasteiger partial charge in [0.05, 0.1) is 32.7 Å². The molecule has 2 heterocycles. The van der Waals surface area contributed by atoms with Gasteiger partial charge in [0.25, 0.3) is 11.8 Å². The van der Waals surface area contributed by atoms with Gasteiger partial charge in [0.15, 0.2) is 0 Å². The Morgan fingerprint density at radius 1 is 1.05 bits per heavy atom. The van der Waals surface area contributed by atoms with Gasteiger partial charge in [-0.3, -0.25) is 19.4 Å². The number of rotatable bonds is 10. The molecule has 0 saturated carbocycles. The second-order valence-corrected chi connectivity index (χ2v) is 13.0. The van der Waals surface area contributed by atoms with Crippen molar-refractivity contribution in [3.8, 4) is 0 Å². The van der Waals surface area contributed by atoms with E-state index in [0.717, 1.165) is 0 Å². The van der Waals surface area contributed by atoms with Crippen LogP contribution in [0.2, 0.25) is 10.0 Å². The van der Waals surface area contributed by atoms with E-state index in [4.69, 9.17) is 23.2 Å². The first-order chi connectivity index (χ1) is 20.5. The minimum Gasteiger partial charge on any atom is -0.347 e. The van der Waals surface area contributed by atoms with Gasteiger partial charge in [0, 0.05) is 37.4 Å². The maximum Gasteiger partial charge on any atom is 0.271 e. The van der Waals surface area contributed by atoms with Crippen LogP contribution in [0.4, 0.5) is 5.69 Å². The molecule has 1 saturated heterocycles. The molecule has 43 heavy (non-hydrogen) atoms. The number of carbonyl (C=O) groups is 3. The largest absolute Gasteiger partial charge is 0.347 e. The number of halogens is 2. The van der Waals surface area contributed by atoms with Crippen molar-refractivity contribution in [3.05, 3.63) is 82.0 Å². The molecule has 14 heteroatoms. The van der Waals surface area contributed by atoms with Crippen LogP contribution in [-0.2, 0) is 19.6 Å². The molecule has 1 atom stereocenters. The summed E-state index contributed by atoms with van der Waals surface area (Å²) in [5.41, 5.74) is 0.802. The molecule has 228 valence electrons. The zero-order chi connectivity index (χ0) is 31.1. The summed E-state index contributed by atoms with van der Waals surface area (Å²) in [5, 5.41) is 8.55. The van der Waals surface area contributed by atoms with Crippen molar-refractivity contribution in [1.29, 1.82) is 0 Å². The van der Waals surface area contributed by atoms with Crippen LogP contribution in [0.15, 0.2) is 76.3 Å². The first-order valence-electron chi connectivity index (χ1n) is 13.5. The molecule has 11 nitrogen and oxygen atoms in total. The van der Waals surface area contributed by atoms with Gasteiger partial charge in [-0.1, -0.05) is 35.3 Å². The molecule has 0 radical (unpaired) electrons. The smallest absolute Gasteiger partial charge is 0.271 e. The van der Waals surface area contributed by atoms with Crippen molar-refractivity contribution in [1.82, 2.24) is 19.8 Å². The normalized spacial score (nSPS) is 17.5. The minimum atomic E-state index is -3.86. The fourth-order valence-corrected chi connectivity index (χ4v) is 6.65. The SMILES string of the molecule is CN(C)C/C=C/C(=O)Nc1ccc(S(=O)(=O)N2CCC[C@@H](NC(=O)C3=NCC=C3NC(=O)c3c(Cl)cccc3Cl)C2)cc1. The van der Waals surface area contributed by atoms with E-state index in [2.05, 4.69) is 20.9 Å². The summed E-state index contributed by atoms with van der Waals surface area (Å²) in [5.74, 6) is -1.42. The van der Waals surface area contributed by atoms with Crippen LogP contribution >= 0.6 is 23.2 Å². The molecule has 3 amide bonds. The van der Waals surface area contributed by atoms with E-state index in [1.54, 1.807) is 18.2 Å². The molecule has 0 aliphatic carbocycles. The number of carbonyl (C=O) groups excluding carboxylic acids is 3. The third-order valence-corrected chi connectivity index (χ3v) is 9.18. The number of benzene rings is 2. The zero-order valence-corrected chi connectivity index (χ0v) is 26.0. The van der Waals surface area contributed by atoms with Crippen LogP contribution < -0.4 is 16.0 Å². The van der Waals surface area contributed by atoms with E-state index in [9.17, 15) is 22.8 Å². The van der Waals surface area contributed by atoms with E-state index in [1.807, 2.05) is 19.0 Å². The van der Waals surface area contributed by atoms with Crippen LogP contribution in [0.1, 0.15) is 23.2 Å². The Morgan fingerprint density at radius 3 is 2.42 bits per heavy atom. The molecule has 3 N–H and O–H groups in total. The van der Waals surface area contributed by atoms with E-state index >= 15 is 0 Å². The summed E-state index contributed by atoms with van der Waals surface area (Å²) in [4.78, 5) is 44.2. The second-order valence-electron chi connectivity index (χ2n) is 10.2. The van der Waals surface area contributed by atoms with E-state index in [-0.39, 0.29) is 50.9 Å². The Morgan fingerprint density at radius 2 is 1.74 bits per heavy atom. The molecule has 0 spiro atoms. The zero-order valence-electron chi connectivity index (χ0n) is 23.6. The van der Waals surface area contributed by atoms with Gasteiger partial charge in [0.1, 0.15) is 5.71 Å². The van der Waals surface area contributed by atoms with E-state index in [1.165, 1.54) is 46.8 Å². The molecular formula is C29H32Cl2N6O5S. The Kier molecular flexibility index (Phi) is 10.7. The standard InChI is InChI=1S/C29H32Cl2N6O5S/c1-36(2)16-5-9-25(38)33-19-10-12-21(13-11-19)43(41,42)37-17-4-6-20(18-37)34-29(40)27-24(14-15-32-27)35-28(39)26-22(30)7-3-8-23(26)31/h3,5,7-14,20H,4,6,15-18H2,1-2H3,(H,33,38)(H,34,40)(H,35,39)/b9-5+/t20-/m1/s1. The number of sulfonamides is 1. The lowest BCUT2D eigenvalue weighted by Gasteiger charge is -2.32. The summed E-state index contributed by atoms with van der Waals surface area (Å²) in [6, 6.07) is 10.2. The lowest BCUT2D eigenvalue weighted by molar-refractivity contribution is -0.115. The maximum absolute atomic E-state index is 13.4. The molecule has 0 bridgehead atoms. The molecule has 2 aromatic rings. The van der Waals surface area contributed by atoms with Crippen molar-refractivity contribution < 1.29 is 22.8 Å². The fraction of sp³-hybridized carbons (Fsp3) is 0.310. The highest BCUT2D eigenvalue weighted by Gasteiger charge is 2.32. The molecule has 2 aliphatic rings. The summed E-state index contributed by atoms with van der Waals surface area (Å²) in [7, 11) is -0.0797. The Labute approximate surface area is 260 Å². The van der Waals surface area contributed by atoms with Crippen molar-refractivity contribution in [2.45, 2.75) is 23.8 Å². The molecule has 0 unspecified atom stereocenters. The molecular weight excluding hydrogens is 615 g/mol. The summed E-state index contributed by atoms with van der Waals surface area (Å²) in [6.45, 7) is 1.17. The number of amides is 3. The predicted molar refractivity (Wildman–Crippen MR) is 167 cm³/mol. The van der Waals surface area contributed by atoms with Crippen LogP contribution in [0.25, 0.3) is 0 Å². The van der Waals surface area contributed by atoms with Gasteiger partial charge >= 0.3 is 0 Å². The van der Waals surface area contributed by atoms with Gasteiger partial charge in [-0.05, 0) is 69.4 Å². The number of aliphatic imine (C=N–C) groups is 1. The van der Waals surface area contributed by atoms with Gasteiger partial charge in [0.2, 0.25) is 15.9 Å². The first kappa shape index (κ1) is 32.4. The molecule has 0 aromatic heterocycles. The molecule has 1 fully saturated rings. The second kappa shape index (κ2) is 14.3. The summed E-state index contributed by atoms with van der Waals surface area (Å²) >= 11 is 12.3. The minimum absolute atomic E-state index is 0.0331. The number of piperidine rings is 1. The van der Waals surface area contributed by atoms with Crippen molar-refractivity contribution in [3.63, 3.8) is 0 Å². The van der Waals surface area contributed by atoms with Crippen molar-refractivity contribution in [2.75, 3.05) is 45.6 Å². The van der Waals surface area contributed by atoms with Gasteiger partial charge in [-0.2, -0.15) is 4.31 Å². The molecule has 4 rings (SSSR count). The van der Waals surface area contributed by atoms with E-state index in [0.29, 0.717) is 31.6 Å². The van der Waals surface area contributed by atoms with E-state index < -0.39 is 27.9 Å². The van der Waals surface area contributed by atoms with Gasteiger partial charge in [-0.25, -0.2) is 8.42 Å². The first-order valence-corrected chi connectivity index (χ1v) is 15.7. The number of anilines is 1. The predicted octanol–water partition coefficient (Wildman–Crippen LogP) is 3.09. The number of nitrogens with one attached hydrogen (secondary N) is 3. The third-order valence-electron chi connectivity index (χ3n) is 6.67. The number of hydrogen-bond acceptors (Lipinski definition) is 7. The number of nitrogens with zero attached hydrogens (tertiary/aromatic N) is 3. The highest BCUT2D eigenvalue weighted by atomic mass is 35.5. The summed E-state index contributed by atoms with van der Waals surface area (Å²) < 4.78 is 28.1. The monoisotopic (exact) mass is 646 g/mol. The van der Waals surface area contributed by atoms with Crippen molar-refractivity contribution >= 4 is 62.3 Å². The fourth-order valence-electron chi connectivity index (χ4n) is 4.56. The Balaban J connectivity index is 1.35. The maximum atomic E-state index is 13.4. The molecule has 2 aliphatic heterocycles. The average molecular weight is 648 g/mol. The van der Waals surface area contributed by atoms with Crippen LogP contribution in [0.5, 0.6) is 0 Å². The lowest BCUT2D eigenvalue weighted by Crippen LogP contribution is -2.51. The molecule has 2 aromatic carbocycles. The van der Waals surface area contributed by atoms with Gasteiger partial charge in [-0.15, -0.1) is 0 Å². The quantitative estimate of drug-likeness (QED) is 0.339. The Bertz CT molecular complexity index is 1570. The highest BCUT2D eigenvalue weighted by molar-refractivity contribution is 7.89. The number of likely N-dealkylation sites (N-methyl/N-ethyl adjacent to an activating group) is 1. The number of hydrogen-bond donors (Lipinski definition) is 3. The van der Waals surface area contributed by atoms with Crippen LogP contribution in [0, 0.1) is 0 Å². The van der Waals surface area contributed by atoms with Crippen LogP contribution in [-0.4, -0.2) is 87.4 Å². The topological polar surface area (TPSA) is 140 Å². The Hall–Kier alpha value is -3.55.